The zero-order valence-electron chi connectivity index (χ0n) is 10.5. The maximum absolute atomic E-state index is 8.86. The smallest absolute Gasteiger partial charge is 0.130 e. The summed E-state index contributed by atoms with van der Waals surface area (Å²) in [6.07, 6.45) is 0.836. The quantitative estimate of drug-likeness (QED) is 0.743. The highest BCUT2D eigenvalue weighted by Gasteiger charge is 2.20. The van der Waals surface area contributed by atoms with Gasteiger partial charge in [-0.1, -0.05) is 24.3 Å². The summed E-state index contributed by atoms with van der Waals surface area (Å²) in [5, 5.41) is 17.7. The lowest BCUT2D eigenvalue weighted by Gasteiger charge is -2.15. The number of hydrogen-bond donors (Lipinski definition) is 0. The van der Waals surface area contributed by atoms with Crippen molar-refractivity contribution in [2.75, 3.05) is 13.1 Å². The number of aryl methyl sites for hydroxylation is 1. The fraction of sp³-hybridized carbons (Fsp3) is 0.333. The molecule has 18 heavy (non-hydrogen) atoms. The lowest BCUT2D eigenvalue weighted by Crippen LogP contribution is -2.19. The van der Waals surface area contributed by atoms with Gasteiger partial charge < -0.3 is 0 Å². The lowest BCUT2D eigenvalue weighted by molar-refractivity contribution is 0.336. The molecular weight excluding hydrogens is 222 g/mol. The third-order valence-corrected chi connectivity index (χ3v) is 3.38. The van der Waals surface area contributed by atoms with Gasteiger partial charge in [0.25, 0.3) is 0 Å². The summed E-state index contributed by atoms with van der Waals surface area (Å²) in [5.41, 5.74) is 3.88. The maximum Gasteiger partial charge on any atom is 0.130 e. The van der Waals surface area contributed by atoms with Gasteiger partial charge in [0.1, 0.15) is 17.7 Å². The van der Waals surface area contributed by atoms with E-state index in [0.29, 0.717) is 5.57 Å². The molecule has 0 amide bonds. The van der Waals surface area contributed by atoms with Crippen LogP contribution in [-0.2, 0) is 6.54 Å². The van der Waals surface area contributed by atoms with Crippen molar-refractivity contribution in [1.82, 2.24) is 4.90 Å². The number of hydrogen-bond acceptors (Lipinski definition) is 3. The molecule has 1 aromatic carbocycles. The van der Waals surface area contributed by atoms with Crippen molar-refractivity contribution in [3.8, 4) is 12.1 Å². The van der Waals surface area contributed by atoms with Gasteiger partial charge in [-0.3, -0.25) is 4.90 Å². The number of likely N-dealkylation sites (tertiary alicyclic amines) is 1. The highest BCUT2D eigenvalue weighted by molar-refractivity contribution is 5.42. The molecule has 0 unspecified atom stereocenters. The Morgan fingerprint density at radius 1 is 1.28 bits per heavy atom. The van der Waals surface area contributed by atoms with Crippen LogP contribution in [0.5, 0.6) is 0 Å². The first kappa shape index (κ1) is 12.4. The molecule has 0 bridgehead atoms. The molecule has 0 saturated carbocycles. The van der Waals surface area contributed by atoms with E-state index in [2.05, 4.69) is 24.0 Å². The molecule has 90 valence electrons. The average molecular weight is 237 g/mol. The van der Waals surface area contributed by atoms with Crippen LogP contribution in [0.2, 0.25) is 0 Å². The van der Waals surface area contributed by atoms with Crippen LogP contribution >= 0.6 is 0 Å². The molecular formula is C15H15N3. The predicted molar refractivity (Wildman–Crippen MR) is 69.3 cm³/mol. The monoisotopic (exact) mass is 237 g/mol. The van der Waals surface area contributed by atoms with Crippen molar-refractivity contribution in [3.05, 3.63) is 46.5 Å². The minimum atomic E-state index is 0.294. The van der Waals surface area contributed by atoms with Crippen LogP contribution in [0.4, 0.5) is 0 Å². The molecule has 3 nitrogen and oxygen atoms in total. The standard InChI is InChI=1S/C15H15N3/c1-12-4-2-3-5-13(12)10-18-7-6-14(11-18)15(8-16)9-17/h2-5H,6-7,10-11H2,1H3. The number of benzene rings is 1. The molecule has 2 rings (SSSR count). The van der Waals surface area contributed by atoms with Crippen molar-refractivity contribution in [3.63, 3.8) is 0 Å². The van der Waals surface area contributed by atoms with Crippen LogP contribution in [-0.4, -0.2) is 18.0 Å². The largest absolute Gasteiger partial charge is 0.295 e. The van der Waals surface area contributed by atoms with Gasteiger partial charge in [0.15, 0.2) is 0 Å². The molecule has 1 aromatic rings. The van der Waals surface area contributed by atoms with E-state index in [-0.39, 0.29) is 0 Å². The molecule has 1 fully saturated rings. The van der Waals surface area contributed by atoms with Crippen molar-refractivity contribution < 1.29 is 0 Å². The molecule has 1 aliphatic rings. The van der Waals surface area contributed by atoms with Crippen LogP contribution < -0.4 is 0 Å². The summed E-state index contributed by atoms with van der Waals surface area (Å²) < 4.78 is 0. The van der Waals surface area contributed by atoms with E-state index in [1.54, 1.807) is 0 Å². The van der Waals surface area contributed by atoms with Crippen molar-refractivity contribution in [2.24, 2.45) is 0 Å². The number of rotatable bonds is 2. The van der Waals surface area contributed by atoms with E-state index >= 15 is 0 Å². The molecule has 0 radical (unpaired) electrons. The molecule has 0 aliphatic carbocycles. The Bertz CT molecular complexity index is 542. The SMILES string of the molecule is Cc1ccccc1CN1CCC(=C(C#N)C#N)C1. The third kappa shape index (κ3) is 2.59. The van der Waals surface area contributed by atoms with Gasteiger partial charge in [0.2, 0.25) is 0 Å². The van der Waals surface area contributed by atoms with Crippen molar-refractivity contribution >= 4 is 0 Å². The van der Waals surface area contributed by atoms with Gasteiger partial charge in [-0.05, 0) is 30.0 Å². The summed E-state index contributed by atoms with van der Waals surface area (Å²) >= 11 is 0. The van der Waals surface area contributed by atoms with E-state index < -0.39 is 0 Å². The van der Waals surface area contributed by atoms with Crippen LogP contribution in [0.1, 0.15) is 17.5 Å². The van der Waals surface area contributed by atoms with Crippen molar-refractivity contribution in [2.45, 2.75) is 19.9 Å². The van der Waals surface area contributed by atoms with Crippen LogP contribution in [0.3, 0.4) is 0 Å². The van der Waals surface area contributed by atoms with E-state index in [1.807, 2.05) is 24.3 Å². The Balaban J connectivity index is 2.08. The van der Waals surface area contributed by atoms with Gasteiger partial charge >= 0.3 is 0 Å². The second-order valence-corrected chi connectivity index (χ2v) is 4.59. The first-order valence-corrected chi connectivity index (χ1v) is 6.03. The Morgan fingerprint density at radius 2 is 2.00 bits per heavy atom. The van der Waals surface area contributed by atoms with Crippen molar-refractivity contribution in [1.29, 1.82) is 10.5 Å². The summed E-state index contributed by atoms with van der Waals surface area (Å²) in [4.78, 5) is 2.28. The summed E-state index contributed by atoms with van der Waals surface area (Å²) in [7, 11) is 0. The molecule has 1 aliphatic heterocycles. The summed E-state index contributed by atoms with van der Waals surface area (Å²) in [6.45, 7) is 4.67. The van der Waals surface area contributed by atoms with Gasteiger partial charge in [-0.2, -0.15) is 10.5 Å². The minimum absolute atomic E-state index is 0.294. The summed E-state index contributed by atoms with van der Waals surface area (Å²) in [5.74, 6) is 0. The first-order valence-electron chi connectivity index (χ1n) is 6.03. The topological polar surface area (TPSA) is 50.8 Å². The zero-order chi connectivity index (χ0) is 13.0. The highest BCUT2D eigenvalue weighted by atomic mass is 15.1. The predicted octanol–water partition coefficient (Wildman–Crippen LogP) is 2.54. The van der Waals surface area contributed by atoms with Gasteiger partial charge in [0, 0.05) is 19.6 Å². The minimum Gasteiger partial charge on any atom is -0.295 e. The molecule has 0 spiro atoms. The molecule has 1 saturated heterocycles. The van der Waals surface area contributed by atoms with Crippen LogP contribution in [0.15, 0.2) is 35.4 Å². The van der Waals surface area contributed by atoms with Crippen LogP contribution in [0.25, 0.3) is 0 Å². The lowest BCUT2D eigenvalue weighted by atomic mass is 10.1. The first-order chi connectivity index (χ1) is 8.74. The fourth-order valence-electron chi connectivity index (χ4n) is 2.27. The highest BCUT2D eigenvalue weighted by Crippen LogP contribution is 2.21. The molecule has 0 atom stereocenters. The number of allylic oxidation sites excluding steroid dienone is 1. The Morgan fingerprint density at radius 3 is 2.67 bits per heavy atom. The fourth-order valence-corrected chi connectivity index (χ4v) is 2.27. The molecule has 0 N–H and O–H groups in total. The normalized spacial score (nSPS) is 15.2. The van der Waals surface area contributed by atoms with Gasteiger partial charge in [-0.15, -0.1) is 0 Å². The zero-order valence-corrected chi connectivity index (χ0v) is 10.5. The van der Waals surface area contributed by atoms with E-state index in [4.69, 9.17) is 10.5 Å². The Kier molecular flexibility index (Phi) is 3.77. The van der Waals surface area contributed by atoms with Gasteiger partial charge in [0.05, 0.1) is 0 Å². The third-order valence-electron chi connectivity index (χ3n) is 3.38. The average Bonchev–Trinajstić information content (AvgIpc) is 2.82. The number of nitrogens with zero attached hydrogens (tertiary/aromatic N) is 3. The van der Waals surface area contributed by atoms with E-state index in [9.17, 15) is 0 Å². The second kappa shape index (κ2) is 5.49. The van der Waals surface area contributed by atoms with E-state index in [0.717, 1.165) is 31.6 Å². The molecule has 1 heterocycles. The summed E-state index contributed by atoms with van der Waals surface area (Å²) in [6, 6.07) is 12.3. The number of nitriles is 2. The van der Waals surface area contributed by atoms with E-state index in [1.165, 1.54) is 11.1 Å². The van der Waals surface area contributed by atoms with Gasteiger partial charge in [-0.25, -0.2) is 0 Å². The van der Waals surface area contributed by atoms with Crippen LogP contribution in [0, 0.1) is 29.6 Å². The Labute approximate surface area is 108 Å². The second-order valence-electron chi connectivity index (χ2n) is 4.59. The Hall–Kier alpha value is -2.10. The molecule has 0 aromatic heterocycles. The molecule has 3 heteroatoms. The maximum atomic E-state index is 8.86.